The van der Waals surface area contributed by atoms with Gasteiger partial charge in [-0.05, 0) is 55.8 Å². The Morgan fingerprint density at radius 3 is 2.74 bits per heavy atom. The van der Waals surface area contributed by atoms with Gasteiger partial charge in [0.1, 0.15) is 0 Å². The van der Waals surface area contributed by atoms with E-state index in [0.717, 1.165) is 44.2 Å². The number of hydrogen-bond donors (Lipinski definition) is 1. The Morgan fingerprint density at radius 2 is 2.00 bits per heavy atom. The lowest BCUT2D eigenvalue weighted by molar-refractivity contribution is 0.496. The molecular formula is C14H20ClNO2S. The molecule has 106 valence electrons. The molecule has 0 aromatic heterocycles. The minimum Gasteiger partial charge on any atom is -0.315 e. The summed E-state index contributed by atoms with van der Waals surface area (Å²) in [5.74, 6) is 0. The third-order valence-corrected chi connectivity index (χ3v) is 6.38. The Bertz CT molecular complexity index is 551. The second-order valence-electron chi connectivity index (χ2n) is 5.26. The van der Waals surface area contributed by atoms with E-state index in [0.29, 0.717) is 11.4 Å². The maximum atomic E-state index is 12.7. The van der Waals surface area contributed by atoms with E-state index in [4.69, 9.17) is 0 Å². The molecule has 1 aromatic carbocycles. The molecule has 1 atom stereocenters. The predicted molar refractivity (Wildman–Crippen MR) is 78.8 cm³/mol. The number of hydrogen-bond acceptors (Lipinski definition) is 3. The van der Waals surface area contributed by atoms with Gasteiger partial charge in [-0.3, -0.25) is 0 Å². The molecule has 0 spiro atoms. The molecule has 19 heavy (non-hydrogen) atoms. The first-order valence-electron chi connectivity index (χ1n) is 6.75. The fourth-order valence-electron chi connectivity index (χ4n) is 3.12. The van der Waals surface area contributed by atoms with Crippen LogP contribution in [-0.2, 0) is 22.7 Å². The molecule has 1 aliphatic carbocycles. The normalized spacial score (nSPS) is 22.6. The van der Waals surface area contributed by atoms with Gasteiger partial charge < -0.3 is 5.32 Å². The van der Waals surface area contributed by atoms with Crippen molar-refractivity contribution in [2.24, 2.45) is 0 Å². The van der Waals surface area contributed by atoms with E-state index in [-0.39, 0.29) is 17.7 Å². The molecule has 1 aliphatic heterocycles. The molecule has 1 unspecified atom stereocenters. The maximum Gasteiger partial charge on any atom is 0.182 e. The average Bonchev–Trinajstić information content (AvgIpc) is 2.87. The zero-order chi connectivity index (χ0) is 12.6. The van der Waals surface area contributed by atoms with E-state index in [2.05, 4.69) is 11.4 Å². The van der Waals surface area contributed by atoms with Crippen molar-refractivity contribution in [1.29, 1.82) is 0 Å². The summed E-state index contributed by atoms with van der Waals surface area (Å²) in [6.45, 7) is 1.55. The van der Waals surface area contributed by atoms with Gasteiger partial charge in [-0.25, -0.2) is 8.42 Å². The number of rotatable bonds is 2. The first kappa shape index (κ1) is 14.8. The number of sulfone groups is 1. The lowest BCUT2D eigenvalue weighted by Gasteiger charge is -2.24. The number of piperidine rings is 1. The molecule has 0 saturated carbocycles. The van der Waals surface area contributed by atoms with E-state index in [1.165, 1.54) is 5.56 Å². The fourth-order valence-corrected chi connectivity index (χ4v) is 5.13. The monoisotopic (exact) mass is 301 g/mol. The van der Waals surface area contributed by atoms with Crippen LogP contribution in [0.25, 0.3) is 0 Å². The first-order valence-corrected chi connectivity index (χ1v) is 8.29. The quantitative estimate of drug-likeness (QED) is 0.910. The maximum absolute atomic E-state index is 12.7. The third kappa shape index (κ3) is 2.67. The summed E-state index contributed by atoms with van der Waals surface area (Å²) < 4.78 is 25.4. The molecule has 5 heteroatoms. The highest BCUT2D eigenvalue weighted by molar-refractivity contribution is 7.92. The van der Waals surface area contributed by atoms with Crippen LogP contribution in [-0.4, -0.2) is 26.8 Å². The van der Waals surface area contributed by atoms with Crippen molar-refractivity contribution in [2.75, 3.05) is 13.1 Å². The highest BCUT2D eigenvalue weighted by Crippen LogP contribution is 2.31. The van der Waals surface area contributed by atoms with Gasteiger partial charge in [0.05, 0.1) is 10.1 Å². The second-order valence-corrected chi connectivity index (χ2v) is 7.46. The van der Waals surface area contributed by atoms with Crippen LogP contribution in [0.15, 0.2) is 23.1 Å². The number of fused-ring (bicyclic) bond motifs is 1. The van der Waals surface area contributed by atoms with Crippen molar-refractivity contribution in [2.45, 2.75) is 42.2 Å². The van der Waals surface area contributed by atoms with Crippen LogP contribution < -0.4 is 5.32 Å². The van der Waals surface area contributed by atoms with Crippen LogP contribution in [0.3, 0.4) is 0 Å². The predicted octanol–water partition coefficient (Wildman–Crippen LogP) is 2.12. The minimum absolute atomic E-state index is 0. The fraction of sp³-hybridized carbons (Fsp3) is 0.571. The average molecular weight is 302 g/mol. The van der Waals surface area contributed by atoms with E-state index < -0.39 is 9.84 Å². The highest BCUT2D eigenvalue weighted by Gasteiger charge is 2.32. The molecule has 0 amide bonds. The van der Waals surface area contributed by atoms with Gasteiger partial charge in [0.2, 0.25) is 0 Å². The van der Waals surface area contributed by atoms with Gasteiger partial charge in [0, 0.05) is 6.54 Å². The van der Waals surface area contributed by atoms with E-state index in [1.54, 1.807) is 6.07 Å². The van der Waals surface area contributed by atoms with Crippen LogP contribution in [0.5, 0.6) is 0 Å². The zero-order valence-corrected chi connectivity index (χ0v) is 12.5. The Kier molecular flexibility index (Phi) is 4.54. The lowest BCUT2D eigenvalue weighted by atomic mass is 10.1. The Labute approximate surface area is 121 Å². The molecule has 3 rings (SSSR count). The number of halogens is 1. The third-order valence-electron chi connectivity index (χ3n) is 4.10. The van der Waals surface area contributed by atoms with E-state index in [1.807, 2.05) is 6.07 Å². The largest absolute Gasteiger partial charge is 0.315 e. The van der Waals surface area contributed by atoms with Crippen molar-refractivity contribution in [3.05, 3.63) is 29.3 Å². The molecule has 1 N–H and O–H groups in total. The van der Waals surface area contributed by atoms with Crippen molar-refractivity contribution in [3.63, 3.8) is 0 Å². The molecule has 1 aromatic rings. The van der Waals surface area contributed by atoms with Gasteiger partial charge >= 0.3 is 0 Å². The summed E-state index contributed by atoms with van der Waals surface area (Å²) in [4.78, 5) is 0.603. The van der Waals surface area contributed by atoms with Crippen LogP contribution in [0.4, 0.5) is 0 Å². The topological polar surface area (TPSA) is 46.2 Å². The standard InChI is InChI=1S/C14H19NO2S.ClH/c16-18(17,12-6-3-9-15-10-12)14-8-2-5-11-4-1-7-13(11)14;/h2,5,8,12,15H,1,3-4,6-7,9-10H2;1H. The summed E-state index contributed by atoms with van der Waals surface area (Å²) in [7, 11) is -3.15. The van der Waals surface area contributed by atoms with E-state index >= 15 is 0 Å². The Balaban J connectivity index is 0.00000133. The summed E-state index contributed by atoms with van der Waals surface area (Å²) in [5, 5.41) is 2.96. The van der Waals surface area contributed by atoms with Gasteiger partial charge in [-0.2, -0.15) is 0 Å². The lowest BCUT2D eigenvalue weighted by Crippen LogP contribution is -2.39. The molecule has 1 saturated heterocycles. The zero-order valence-electron chi connectivity index (χ0n) is 10.9. The van der Waals surface area contributed by atoms with Crippen LogP contribution in [0, 0.1) is 0 Å². The second kappa shape index (κ2) is 5.81. The Hall–Kier alpha value is -0.580. The van der Waals surface area contributed by atoms with Gasteiger partial charge in [-0.1, -0.05) is 12.1 Å². The van der Waals surface area contributed by atoms with Gasteiger partial charge in [0.25, 0.3) is 0 Å². The number of benzene rings is 1. The minimum atomic E-state index is -3.15. The summed E-state index contributed by atoms with van der Waals surface area (Å²) >= 11 is 0. The Morgan fingerprint density at radius 1 is 1.16 bits per heavy atom. The van der Waals surface area contributed by atoms with Crippen LogP contribution in [0.1, 0.15) is 30.4 Å². The molecule has 1 fully saturated rings. The van der Waals surface area contributed by atoms with Gasteiger partial charge in [-0.15, -0.1) is 12.4 Å². The van der Waals surface area contributed by atoms with Crippen molar-refractivity contribution >= 4 is 22.2 Å². The number of aryl methyl sites for hydroxylation is 1. The summed E-state index contributed by atoms with van der Waals surface area (Å²) in [6.07, 6.45) is 4.79. The molecule has 0 radical (unpaired) electrons. The van der Waals surface area contributed by atoms with Crippen molar-refractivity contribution in [1.82, 2.24) is 5.32 Å². The molecule has 2 aliphatic rings. The molecule has 3 nitrogen and oxygen atoms in total. The molecular weight excluding hydrogens is 282 g/mol. The van der Waals surface area contributed by atoms with E-state index in [9.17, 15) is 8.42 Å². The summed E-state index contributed by atoms with van der Waals surface area (Å²) in [6, 6.07) is 5.77. The van der Waals surface area contributed by atoms with Crippen molar-refractivity contribution in [3.8, 4) is 0 Å². The van der Waals surface area contributed by atoms with Gasteiger partial charge in [0.15, 0.2) is 9.84 Å². The van der Waals surface area contributed by atoms with Crippen molar-refractivity contribution < 1.29 is 8.42 Å². The van der Waals surface area contributed by atoms with Crippen LogP contribution >= 0.6 is 12.4 Å². The smallest absolute Gasteiger partial charge is 0.182 e. The SMILES string of the molecule is Cl.O=S(=O)(c1cccc2c1CCC2)C1CCCNC1. The molecule has 1 heterocycles. The first-order chi connectivity index (χ1) is 8.69. The molecule has 0 bridgehead atoms. The van der Waals surface area contributed by atoms with Crippen LogP contribution in [0.2, 0.25) is 0 Å². The highest BCUT2D eigenvalue weighted by atomic mass is 35.5. The number of nitrogens with one attached hydrogen (secondary N) is 1. The summed E-state index contributed by atoms with van der Waals surface area (Å²) in [5.41, 5.74) is 2.32.